The van der Waals surface area contributed by atoms with E-state index in [0.29, 0.717) is 5.89 Å². The molecule has 1 aliphatic rings. The van der Waals surface area contributed by atoms with Gasteiger partial charge in [-0.1, -0.05) is 19.1 Å². The molecule has 4 rings (SSSR count). The lowest BCUT2D eigenvalue weighted by Gasteiger charge is -2.17. The van der Waals surface area contributed by atoms with Crippen LogP contribution in [0.15, 0.2) is 40.8 Å². The minimum atomic E-state index is 0.714. The van der Waals surface area contributed by atoms with Gasteiger partial charge in [-0.2, -0.15) is 0 Å². The van der Waals surface area contributed by atoms with Crippen molar-refractivity contribution in [3.63, 3.8) is 0 Å². The molecule has 1 aromatic heterocycles. The first-order chi connectivity index (χ1) is 10.3. The van der Waals surface area contributed by atoms with Crippen LogP contribution in [-0.4, -0.2) is 11.5 Å². The van der Waals surface area contributed by atoms with E-state index in [1.807, 2.05) is 6.07 Å². The van der Waals surface area contributed by atoms with Crippen molar-refractivity contribution in [1.29, 1.82) is 0 Å². The third kappa shape index (κ3) is 2.24. The summed E-state index contributed by atoms with van der Waals surface area (Å²) >= 11 is 0. The number of aromatic nitrogens is 1. The zero-order chi connectivity index (χ0) is 14.2. The lowest BCUT2D eigenvalue weighted by molar-refractivity contribution is 0.617. The number of aryl methyl sites for hydroxylation is 1. The molecule has 21 heavy (non-hydrogen) atoms. The van der Waals surface area contributed by atoms with Crippen molar-refractivity contribution in [3.8, 4) is 11.5 Å². The number of benzene rings is 2. The predicted octanol–water partition coefficient (Wildman–Crippen LogP) is 3.70. The summed E-state index contributed by atoms with van der Waals surface area (Å²) in [6, 6.07) is 12.8. The van der Waals surface area contributed by atoms with Crippen molar-refractivity contribution in [1.82, 2.24) is 10.3 Å². The van der Waals surface area contributed by atoms with Crippen molar-refractivity contribution in [3.05, 3.63) is 53.1 Å². The highest BCUT2D eigenvalue weighted by Gasteiger charge is 2.13. The van der Waals surface area contributed by atoms with Gasteiger partial charge >= 0.3 is 0 Å². The minimum Gasteiger partial charge on any atom is -0.436 e. The Balaban J connectivity index is 1.78. The maximum absolute atomic E-state index is 5.91. The van der Waals surface area contributed by atoms with E-state index < -0.39 is 0 Å². The number of hydrogen-bond donors (Lipinski definition) is 1. The lowest BCUT2D eigenvalue weighted by atomic mass is 9.98. The highest BCUT2D eigenvalue weighted by atomic mass is 16.3. The fourth-order valence-electron chi connectivity index (χ4n) is 2.93. The molecule has 3 aromatic rings. The Bertz CT molecular complexity index is 804. The minimum absolute atomic E-state index is 0.714. The predicted molar refractivity (Wildman–Crippen MR) is 84.2 cm³/mol. The Labute approximate surface area is 124 Å². The van der Waals surface area contributed by atoms with Gasteiger partial charge in [0.25, 0.3) is 0 Å². The third-order valence-electron chi connectivity index (χ3n) is 4.20. The van der Waals surface area contributed by atoms with E-state index in [0.717, 1.165) is 42.6 Å². The van der Waals surface area contributed by atoms with Gasteiger partial charge in [-0.3, -0.25) is 0 Å². The average Bonchev–Trinajstić information content (AvgIpc) is 2.97. The van der Waals surface area contributed by atoms with Gasteiger partial charge in [0.2, 0.25) is 5.89 Å². The summed E-state index contributed by atoms with van der Waals surface area (Å²) in [4.78, 5) is 4.65. The topological polar surface area (TPSA) is 38.1 Å². The number of fused-ring (bicyclic) bond motifs is 2. The number of rotatable bonds is 2. The van der Waals surface area contributed by atoms with E-state index in [2.05, 4.69) is 47.6 Å². The molecule has 0 atom stereocenters. The van der Waals surface area contributed by atoms with Crippen molar-refractivity contribution in [2.24, 2.45) is 0 Å². The van der Waals surface area contributed by atoms with E-state index in [9.17, 15) is 0 Å². The second-order valence-electron chi connectivity index (χ2n) is 5.58. The quantitative estimate of drug-likeness (QED) is 0.776. The van der Waals surface area contributed by atoms with E-state index >= 15 is 0 Å². The van der Waals surface area contributed by atoms with Crippen LogP contribution in [0.4, 0.5) is 0 Å². The molecule has 1 aliphatic heterocycles. The Hall–Kier alpha value is -2.13. The van der Waals surface area contributed by atoms with Crippen LogP contribution < -0.4 is 5.32 Å². The lowest BCUT2D eigenvalue weighted by Crippen LogP contribution is -2.23. The molecule has 0 spiro atoms. The van der Waals surface area contributed by atoms with Crippen LogP contribution in [0.3, 0.4) is 0 Å². The summed E-state index contributed by atoms with van der Waals surface area (Å²) in [6.07, 6.45) is 2.12. The molecule has 0 saturated heterocycles. The molecule has 0 fully saturated rings. The Kier molecular flexibility index (Phi) is 3.00. The summed E-state index contributed by atoms with van der Waals surface area (Å²) < 4.78 is 5.91. The van der Waals surface area contributed by atoms with E-state index in [1.54, 1.807) is 0 Å². The van der Waals surface area contributed by atoms with Crippen LogP contribution >= 0.6 is 0 Å². The molecule has 0 bridgehead atoms. The van der Waals surface area contributed by atoms with Crippen LogP contribution in [-0.2, 0) is 19.4 Å². The molecule has 3 heteroatoms. The second kappa shape index (κ2) is 5.01. The first-order valence-electron chi connectivity index (χ1n) is 7.56. The van der Waals surface area contributed by atoms with Crippen molar-refractivity contribution in [2.45, 2.75) is 26.3 Å². The van der Waals surface area contributed by atoms with Crippen LogP contribution in [0, 0.1) is 0 Å². The molecule has 3 nitrogen and oxygen atoms in total. The zero-order valence-corrected chi connectivity index (χ0v) is 12.1. The highest BCUT2D eigenvalue weighted by Crippen LogP contribution is 2.27. The Morgan fingerprint density at radius 3 is 3.00 bits per heavy atom. The summed E-state index contributed by atoms with van der Waals surface area (Å²) in [7, 11) is 0. The first-order valence-corrected chi connectivity index (χ1v) is 7.56. The average molecular weight is 278 g/mol. The van der Waals surface area contributed by atoms with Gasteiger partial charge < -0.3 is 9.73 Å². The van der Waals surface area contributed by atoms with Gasteiger partial charge in [-0.25, -0.2) is 4.98 Å². The van der Waals surface area contributed by atoms with Gasteiger partial charge in [0.15, 0.2) is 5.58 Å². The number of hydrogen-bond acceptors (Lipinski definition) is 3. The number of nitrogens with one attached hydrogen (secondary N) is 1. The molecule has 0 aliphatic carbocycles. The van der Waals surface area contributed by atoms with E-state index in [4.69, 9.17) is 4.42 Å². The molecular weight excluding hydrogens is 260 g/mol. The van der Waals surface area contributed by atoms with E-state index in [1.165, 1.54) is 16.7 Å². The molecular formula is C18H18N2O. The molecule has 106 valence electrons. The van der Waals surface area contributed by atoms with Gasteiger partial charge in [0.1, 0.15) is 5.52 Å². The molecule has 1 N–H and O–H groups in total. The van der Waals surface area contributed by atoms with Gasteiger partial charge in [-0.15, -0.1) is 0 Å². The van der Waals surface area contributed by atoms with Gasteiger partial charge in [-0.05, 0) is 60.3 Å². The molecule has 0 amide bonds. The standard InChI is InChI=1S/C18H18N2O/c1-2-12-3-6-17-16(9-12)20-18(21-17)14-5-4-13-7-8-19-11-15(13)10-14/h3-6,9-10,19H,2,7-8,11H2,1H3. The highest BCUT2D eigenvalue weighted by molar-refractivity contribution is 5.77. The molecule has 2 aromatic carbocycles. The third-order valence-corrected chi connectivity index (χ3v) is 4.20. The van der Waals surface area contributed by atoms with Gasteiger partial charge in [0, 0.05) is 12.1 Å². The fraction of sp³-hybridized carbons (Fsp3) is 0.278. The SMILES string of the molecule is CCc1ccc2oc(-c3ccc4c(c3)CNCC4)nc2c1. The van der Waals surface area contributed by atoms with Crippen molar-refractivity contribution < 1.29 is 4.42 Å². The monoisotopic (exact) mass is 278 g/mol. The summed E-state index contributed by atoms with van der Waals surface area (Å²) in [5.41, 5.74) is 6.94. The molecule has 0 radical (unpaired) electrons. The number of nitrogens with zero attached hydrogens (tertiary/aromatic N) is 1. The van der Waals surface area contributed by atoms with E-state index in [-0.39, 0.29) is 0 Å². The van der Waals surface area contributed by atoms with Gasteiger partial charge in [0.05, 0.1) is 0 Å². The summed E-state index contributed by atoms with van der Waals surface area (Å²) in [5.74, 6) is 0.714. The largest absolute Gasteiger partial charge is 0.436 e. The maximum Gasteiger partial charge on any atom is 0.227 e. The maximum atomic E-state index is 5.91. The summed E-state index contributed by atoms with van der Waals surface area (Å²) in [5, 5.41) is 3.41. The van der Waals surface area contributed by atoms with Crippen LogP contribution in [0.25, 0.3) is 22.6 Å². The fourth-order valence-corrected chi connectivity index (χ4v) is 2.93. The molecule has 0 unspecified atom stereocenters. The smallest absolute Gasteiger partial charge is 0.227 e. The Morgan fingerprint density at radius 2 is 2.10 bits per heavy atom. The van der Waals surface area contributed by atoms with Crippen LogP contribution in [0.1, 0.15) is 23.6 Å². The normalized spacial score (nSPS) is 14.3. The van der Waals surface area contributed by atoms with Crippen LogP contribution in [0.2, 0.25) is 0 Å². The Morgan fingerprint density at radius 1 is 1.14 bits per heavy atom. The van der Waals surface area contributed by atoms with Crippen LogP contribution in [0.5, 0.6) is 0 Å². The molecule has 0 saturated carbocycles. The zero-order valence-electron chi connectivity index (χ0n) is 12.1. The van der Waals surface area contributed by atoms with Crippen molar-refractivity contribution >= 4 is 11.1 Å². The molecule has 2 heterocycles. The second-order valence-corrected chi connectivity index (χ2v) is 5.58. The first kappa shape index (κ1) is 12.6. The number of oxazole rings is 1. The van der Waals surface area contributed by atoms with Crippen molar-refractivity contribution in [2.75, 3.05) is 6.54 Å². The summed E-state index contributed by atoms with van der Waals surface area (Å²) in [6.45, 7) is 4.15.